The predicted molar refractivity (Wildman–Crippen MR) is 115 cm³/mol. The van der Waals surface area contributed by atoms with E-state index >= 15 is 0 Å². The van der Waals surface area contributed by atoms with E-state index in [2.05, 4.69) is 0 Å². The van der Waals surface area contributed by atoms with Crippen molar-refractivity contribution in [1.82, 2.24) is 9.55 Å². The molecule has 0 bridgehead atoms. The number of aromatic nitrogens is 2. The minimum absolute atomic E-state index is 0.209. The lowest BCUT2D eigenvalue weighted by atomic mass is 9.93. The minimum atomic E-state index is 0.209. The number of rotatable bonds is 4. The molecule has 6 nitrogen and oxygen atoms in total. The Morgan fingerprint density at radius 1 is 1.10 bits per heavy atom. The first-order valence-electron chi connectivity index (χ1n) is 9.76. The van der Waals surface area contributed by atoms with Crippen molar-refractivity contribution in [3.05, 3.63) is 42.6 Å². The summed E-state index contributed by atoms with van der Waals surface area (Å²) in [4.78, 5) is 4.91. The number of nitrogens with two attached hydrogens (primary N) is 1. The number of benzene rings is 2. The van der Waals surface area contributed by atoms with Gasteiger partial charge in [-0.3, -0.25) is 0 Å². The maximum absolute atomic E-state index is 10.8. The van der Waals surface area contributed by atoms with Crippen LogP contribution in [-0.4, -0.2) is 28.9 Å². The summed E-state index contributed by atoms with van der Waals surface area (Å²) in [6.07, 6.45) is 5.24. The molecule has 2 aromatic carbocycles. The third-order valence-electron chi connectivity index (χ3n) is 5.98. The lowest BCUT2D eigenvalue weighted by molar-refractivity contribution is 0.283. The Bertz CT molecular complexity index is 1240. The van der Waals surface area contributed by atoms with Gasteiger partial charge in [-0.05, 0) is 37.5 Å². The maximum Gasteiger partial charge on any atom is 0.203 e. The van der Waals surface area contributed by atoms with Crippen molar-refractivity contribution in [3.8, 4) is 28.5 Å². The van der Waals surface area contributed by atoms with Crippen LogP contribution in [0.2, 0.25) is 0 Å². The monoisotopic (exact) mass is 389 g/mol. The summed E-state index contributed by atoms with van der Waals surface area (Å²) >= 11 is 0. The number of ether oxygens (including phenoxy) is 2. The fourth-order valence-corrected chi connectivity index (χ4v) is 4.17. The van der Waals surface area contributed by atoms with E-state index in [1.54, 1.807) is 14.2 Å². The van der Waals surface area contributed by atoms with Gasteiger partial charge in [0.1, 0.15) is 11.5 Å². The Morgan fingerprint density at radius 2 is 1.93 bits per heavy atom. The first-order valence-corrected chi connectivity index (χ1v) is 9.76. The second-order valence-electron chi connectivity index (χ2n) is 7.50. The summed E-state index contributed by atoms with van der Waals surface area (Å²) in [6, 6.07) is 11.9. The number of methoxy groups -OCH3 is 2. The number of pyridine rings is 1. The van der Waals surface area contributed by atoms with Crippen molar-refractivity contribution in [2.75, 3.05) is 20.0 Å². The number of nitrogens with zero attached hydrogens (tertiary/aromatic N) is 2. The number of hydrogen-bond acceptors (Lipinski definition) is 5. The van der Waals surface area contributed by atoms with Gasteiger partial charge in [-0.2, -0.15) is 0 Å². The normalized spacial score (nSPS) is 14.3. The Balaban J connectivity index is 1.80. The fraction of sp³-hybridized carbons (Fsp3) is 0.261. The van der Waals surface area contributed by atoms with Crippen LogP contribution in [0.1, 0.15) is 25.3 Å². The van der Waals surface area contributed by atoms with Crippen molar-refractivity contribution in [1.29, 1.82) is 0 Å². The molecule has 0 aliphatic heterocycles. The van der Waals surface area contributed by atoms with Crippen molar-refractivity contribution < 1.29 is 14.6 Å². The Hall–Kier alpha value is -3.41. The summed E-state index contributed by atoms with van der Waals surface area (Å²) in [5, 5.41) is 12.2. The highest BCUT2D eigenvalue weighted by molar-refractivity contribution is 6.12. The second kappa shape index (κ2) is 6.58. The van der Waals surface area contributed by atoms with Crippen LogP contribution < -0.4 is 15.2 Å². The number of anilines is 1. The van der Waals surface area contributed by atoms with Crippen LogP contribution in [0.15, 0.2) is 42.6 Å². The van der Waals surface area contributed by atoms with Crippen molar-refractivity contribution in [2.24, 2.45) is 0 Å². The third kappa shape index (κ3) is 2.59. The molecule has 1 aliphatic carbocycles. The molecule has 5 rings (SSSR count). The highest BCUT2D eigenvalue weighted by Gasteiger charge is 2.25. The summed E-state index contributed by atoms with van der Waals surface area (Å²) in [6.45, 7) is 0. The Morgan fingerprint density at radius 3 is 2.62 bits per heavy atom. The number of aromatic hydroxyl groups is 1. The van der Waals surface area contributed by atoms with Crippen LogP contribution >= 0.6 is 0 Å². The molecule has 3 N–H and O–H groups in total. The lowest BCUT2D eigenvalue weighted by Crippen LogP contribution is -2.15. The fourth-order valence-electron chi connectivity index (χ4n) is 4.17. The molecule has 0 amide bonds. The van der Waals surface area contributed by atoms with Crippen LogP contribution in [0.5, 0.6) is 17.4 Å². The summed E-state index contributed by atoms with van der Waals surface area (Å²) in [5.74, 6) is 1.68. The molecule has 6 heteroatoms. The molecule has 148 valence electrons. The van der Waals surface area contributed by atoms with E-state index in [9.17, 15) is 5.11 Å². The van der Waals surface area contributed by atoms with Crippen LogP contribution in [0.25, 0.3) is 32.9 Å². The van der Waals surface area contributed by atoms with Gasteiger partial charge < -0.3 is 24.9 Å². The van der Waals surface area contributed by atoms with Gasteiger partial charge in [0.05, 0.1) is 36.3 Å². The number of nitrogen functional groups attached to an aromatic ring is 1. The second-order valence-corrected chi connectivity index (χ2v) is 7.50. The molecule has 1 fully saturated rings. The molecule has 2 aromatic heterocycles. The van der Waals surface area contributed by atoms with Crippen molar-refractivity contribution >= 4 is 27.5 Å². The highest BCUT2D eigenvalue weighted by atomic mass is 16.5. The van der Waals surface area contributed by atoms with Gasteiger partial charge in [0.2, 0.25) is 5.88 Å². The Labute approximate surface area is 168 Å². The Kier molecular flexibility index (Phi) is 4.01. The van der Waals surface area contributed by atoms with Crippen LogP contribution in [0.4, 0.5) is 5.69 Å². The van der Waals surface area contributed by atoms with E-state index in [0.29, 0.717) is 22.6 Å². The molecule has 0 atom stereocenters. The average Bonchev–Trinajstić information content (AvgIpc) is 3.02. The maximum atomic E-state index is 10.8. The van der Waals surface area contributed by atoms with Gasteiger partial charge in [-0.1, -0.05) is 18.2 Å². The quantitative estimate of drug-likeness (QED) is 0.519. The van der Waals surface area contributed by atoms with E-state index in [1.165, 1.54) is 6.42 Å². The smallest absolute Gasteiger partial charge is 0.203 e. The zero-order valence-corrected chi connectivity index (χ0v) is 16.5. The minimum Gasteiger partial charge on any atom is -0.497 e. The standard InChI is InChI=1S/C23H23N3O3/c1-28-14-9-10-19(29-2)17(11-14)15-7-4-8-16-21(24)20-18(25-22(15)16)12-26(23(20)27)13-5-3-6-13/h4,7-13,27H,3,5-6,24H2,1-2H3. The highest BCUT2D eigenvalue weighted by Crippen LogP contribution is 2.44. The van der Waals surface area contributed by atoms with E-state index in [1.807, 2.05) is 47.2 Å². The van der Waals surface area contributed by atoms with Crippen LogP contribution in [-0.2, 0) is 0 Å². The van der Waals surface area contributed by atoms with Gasteiger partial charge in [-0.25, -0.2) is 4.98 Å². The van der Waals surface area contributed by atoms with Crippen molar-refractivity contribution in [3.63, 3.8) is 0 Å². The predicted octanol–water partition coefficient (Wildman–Crippen LogP) is 4.89. The summed E-state index contributed by atoms with van der Waals surface area (Å²) in [7, 11) is 3.29. The van der Waals surface area contributed by atoms with E-state index < -0.39 is 0 Å². The lowest BCUT2D eigenvalue weighted by Gasteiger charge is -2.27. The first-order chi connectivity index (χ1) is 14.1. The molecular formula is C23H23N3O3. The first kappa shape index (κ1) is 17.7. The summed E-state index contributed by atoms with van der Waals surface area (Å²) < 4.78 is 12.9. The van der Waals surface area contributed by atoms with E-state index in [-0.39, 0.29) is 5.88 Å². The summed E-state index contributed by atoms with van der Waals surface area (Å²) in [5.41, 5.74) is 10.3. The van der Waals surface area contributed by atoms with Crippen LogP contribution in [0, 0.1) is 0 Å². The zero-order chi connectivity index (χ0) is 20.1. The third-order valence-corrected chi connectivity index (χ3v) is 5.98. The molecule has 1 aliphatic rings. The van der Waals surface area contributed by atoms with E-state index in [4.69, 9.17) is 20.2 Å². The molecule has 0 unspecified atom stereocenters. The van der Waals surface area contributed by atoms with E-state index in [0.717, 1.165) is 46.4 Å². The number of fused-ring (bicyclic) bond motifs is 2. The topological polar surface area (TPSA) is 82.5 Å². The number of para-hydroxylation sites is 1. The average molecular weight is 389 g/mol. The van der Waals surface area contributed by atoms with Gasteiger partial charge in [0, 0.05) is 28.8 Å². The van der Waals surface area contributed by atoms with Crippen molar-refractivity contribution in [2.45, 2.75) is 25.3 Å². The molecule has 1 saturated carbocycles. The molecule has 0 spiro atoms. The van der Waals surface area contributed by atoms with Gasteiger partial charge in [0.15, 0.2) is 0 Å². The SMILES string of the molecule is COc1ccc(OC)c(-c2cccc3c(N)c4c(O)n(C5CCC5)cc4nc23)c1. The largest absolute Gasteiger partial charge is 0.497 e. The van der Waals surface area contributed by atoms with Gasteiger partial charge in [0.25, 0.3) is 0 Å². The van der Waals surface area contributed by atoms with Gasteiger partial charge >= 0.3 is 0 Å². The molecule has 0 radical (unpaired) electrons. The molecule has 4 aromatic rings. The van der Waals surface area contributed by atoms with Gasteiger partial charge in [-0.15, -0.1) is 0 Å². The molecule has 29 heavy (non-hydrogen) atoms. The van der Waals surface area contributed by atoms with Crippen LogP contribution in [0.3, 0.4) is 0 Å². The molecule has 0 saturated heterocycles. The zero-order valence-electron chi connectivity index (χ0n) is 16.5. The molecule has 2 heterocycles. The number of hydrogen-bond donors (Lipinski definition) is 2. The molecular weight excluding hydrogens is 366 g/mol.